The molecule has 3 heterocycles. The Bertz CT molecular complexity index is 1010. The lowest BCUT2D eigenvalue weighted by atomic mass is 10.2. The molecule has 0 amide bonds. The Labute approximate surface area is 206 Å². The van der Waals surface area contributed by atoms with Gasteiger partial charge in [-0.1, -0.05) is 30.3 Å². The van der Waals surface area contributed by atoms with Gasteiger partial charge in [-0.15, -0.1) is 24.0 Å². The highest BCUT2D eigenvalue weighted by Gasteiger charge is 2.21. The molecule has 1 aliphatic rings. The molecule has 170 valence electrons. The van der Waals surface area contributed by atoms with Crippen LogP contribution < -0.4 is 10.2 Å². The summed E-state index contributed by atoms with van der Waals surface area (Å²) in [6, 6.07) is 12.3. The summed E-state index contributed by atoms with van der Waals surface area (Å²) in [5.41, 5.74) is 4.73. The number of aryl methyl sites for hydroxylation is 1. The molecule has 1 aromatic carbocycles. The monoisotopic (exact) mass is 546 g/mol. The lowest BCUT2D eigenvalue weighted by Crippen LogP contribution is -2.52. The number of halogens is 1. The summed E-state index contributed by atoms with van der Waals surface area (Å²) in [5, 5.41) is 8.31. The van der Waals surface area contributed by atoms with Crippen LogP contribution in [-0.2, 0) is 13.1 Å². The van der Waals surface area contributed by atoms with Crippen molar-refractivity contribution < 1.29 is 0 Å². The molecule has 1 aliphatic heterocycles. The average molecular weight is 546 g/mol. The summed E-state index contributed by atoms with van der Waals surface area (Å²) in [7, 11) is 1.84. The van der Waals surface area contributed by atoms with E-state index in [2.05, 4.69) is 72.9 Å². The van der Waals surface area contributed by atoms with Crippen molar-refractivity contribution >= 4 is 35.9 Å². The van der Waals surface area contributed by atoms with E-state index in [1.54, 1.807) is 12.4 Å². The molecular weight excluding hydrogens is 515 g/mol. The van der Waals surface area contributed by atoms with Crippen molar-refractivity contribution in [1.29, 1.82) is 0 Å². The molecule has 1 fully saturated rings. The number of piperazine rings is 1. The molecule has 2 aromatic heterocycles. The van der Waals surface area contributed by atoms with E-state index in [0.717, 1.165) is 50.3 Å². The van der Waals surface area contributed by atoms with Gasteiger partial charge in [0.1, 0.15) is 0 Å². The van der Waals surface area contributed by atoms with Gasteiger partial charge in [-0.05, 0) is 25.5 Å². The van der Waals surface area contributed by atoms with E-state index in [9.17, 15) is 0 Å². The van der Waals surface area contributed by atoms with E-state index in [0.29, 0.717) is 6.54 Å². The van der Waals surface area contributed by atoms with Crippen molar-refractivity contribution in [2.45, 2.75) is 26.9 Å². The Hall–Kier alpha value is -2.69. The van der Waals surface area contributed by atoms with Gasteiger partial charge in [0.25, 0.3) is 0 Å². The minimum absolute atomic E-state index is 0. The maximum Gasteiger partial charge on any atom is 0.225 e. The van der Waals surface area contributed by atoms with Gasteiger partial charge in [0.2, 0.25) is 5.95 Å². The van der Waals surface area contributed by atoms with Crippen molar-refractivity contribution in [3.8, 4) is 0 Å². The first-order valence-corrected chi connectivity index (χ1v) is 10.7. The maximum atomic E-state index is 4.77. The second-order valence-electron chi connectivity index (χ2n) is 7.72. The van der Waals surface area contributed by atoms with Crippen LogP contribution in [0.4, 0.5) is 5.95 Å². The lowest BCUT2D eigenvalue weighted by Gasteiger charge is -2.36. The standard InChI is InChI=1S/C23H30N8.HI/c1-18-21(19(2)31(28-18)17-20-8-5-4-6-9-20)16-27-22(24-3)29-12-14-30(15-13-29)23-25-10-7-11-26-23;/h4-11H,12-17H2,1-3H3,(H,24,27);1H. The normalized spacial score (nSPS) is 14.3. The first kappa shape index (κ1) is 24.0. The number of nitrogens with zero attached hydrogens (tertiary/aromatic N) is 7. The van der Waals surface area contributed by atoms with Crippen molar-refractivity contribution in [2.24, 2.45) is 4.99 Å². The Balaban J connectivity index is 0.00000289. The fraction of sp³-hybridized carbons (Fsp3) is 0.391. The van der Waals surface area contributed by atoms with Gasteiger partial charge >= 0.3 is 0 Å². The number of hydrogen-bond acceptors (Lipinski definition) is 5. The average Bonchev–Trinajstić information content (AvgIpc) is 3.08. The number of aliphatic imine (C=N–C) groups is 1. The van der Waals surface area contributed by atoms with E-state index in [1.807, 2.05) is 19.2 Å². The fourth-order valence-electron chi connectivity index (χ4n) is 3.97. The minimum atomic E-state index is 0. The Morgan fingerprint density at radius 1 is 1.00 bits per heavy atom. The molecule has 1 N–H and O–H groups in total. The smallest absolute Gasteiger partial charge is 0.225 e. The SMILES string of the molecule is CN=C(NCc1c(C)nn(Cc2ccccc2)c1C)N1CCN(c2ncccn2)CC1.I. The molecule has 32 heavy (non-hydrogen) atoms. The third-order valence-electron chi connectivity index (χ3n) is 5.76. The zero-order valence-electron chi connectivity index (χ0n) is 18.9. The summed E-state index contributed by atoms with van der Waals surface area (Å²) >= 11 is 0. The largest absolute Gasteiger partial charge is 0.352 e. The highest BCUT2D eigenvalue weighted by Crippen LogP contribution is 2.15. The Kier molecular flexibility index (Phi) is 8.43. The zero-order chi connectivity index (χ0) is 21.6. The van der Waals surface area contributed by atoms with Crippen LogP contribution in [0.5, 0.6) is 0 Å². The summed E-state index contributed by atoms with van der Waals surface area (Å²) in [4.78, 5) is 17.7. The zero-order valence-corrected chi connectivity index (χ0v) is 21.2. The molecular formula is C23H31IN8. The second-order valence-corrected chi connectivity index (χ2v) is 7.72. The van der Waals surface area contributed by atoms with Gasteiger partial charge in [-0.3, -0.25) is 9.67 Å². The van der Waals surface area contributed by atoms with Crippen molar-refractivity contribution in [2.75, 3.05) is 38.1 Å². The highest BCUT2D eigenvalue weighted by atomic mass is 127. The molecule has 4 rings (SSSR count). The molecule has 0 bridgehead atoms. The summed E-state index contributed by atoms with van der Waals surface area (Å²) in [5.74, 6) is 1.71. The van der Waals surface area contributed by atoms with E-state index >= 15 is 0 Å². The van der Waals surface area contributed by atoms with Crippen LogP contribution in [0, 0.1) is 13.8 Å². The minimum Gasteiger partial charge on any atom is -0.352 e. The molecule has 0 saturated carbocycles. The molecule has 0 atom stereocenters. The number of aromatic nitrogens is 4. The molecule has 8 nitrogen and oxygen atoms in total. The highest BCUT2D eigenvalue weighted by molar-refractivity contribution is 14.0. The molecule has 0 spiro atoms. The van der Waals surface area contributed by atoms with E-state index < -0.39 is 0 Å². The molecule has 0 radical (unpaired) electrons. The van der Waals surface area contributed by atoms with Crippen LogP contribution in [-0.4, -0.2) is 63.8 Å². The van der Waals surface area contributed by atoms with Crippen molar-refractivity contribution in [3.05, 3.63) is 71.3 Å². The number of nitrogens with one attached hydrogen (secondary N) is 1. The van der Waals surface area contributed by atoms with Gasteiger partial charge in [-0.25, -0.2) is 9.97 Å². The summed E-state index contributed by atoms with van der Waals surface area (Å²) in [6.45, 7) is 9.21. The van der Waals surface area contributed by atoms with Crippen LogP contribution in [0.25, 0.3) is 0 Å². The van der Waals surface area contributed by atoms with Crippen LogP contribution in [0.2, 0.25) is 0 Å². The Morgan fingerprint density at radius 2 is 1.69 bits per heavy atom. The van der Waals surface area contributed by atoms with Crippen LogP contribution in [0.1, 0.15) is 22.5 Å². The third kappa shape index (κ3) is 5.56. The number of hydrogen-bond donors (Lipinski definition) is 1. The second kappa shape index (κ2) is 11.3. The predicted octanol–water partition coefficient (Wildman–Crippen LogP) is 2.85. The topological polar surface area (TPSA) is 74.5 Å². The van der Waals surface area contributed by atoms with Gasteiger partial charge < -0.3 is 15.1 Å². The first-order valence-electron chi connectivity index (χ1n) is 10.7. The van der Waals surface area contributed by atoms with E-state index in [1.165, 1.54) is 16.8 Å². The van der Waals surface area contributed by atoms with Gasteiger partial charge in [0.15, 0.2) is 5.96 Å². The molecule has 0 aliphatic carbocycles. The summed E-state index contributed by atoms with van der Waals surface area (Å²) < 4.78 is 2.09. The predicted molar refractivity (Wildman–Crippen MR) is 139 cm³/mol. The Morgan fingerprint density at radius 3 is 2.34 bits per heavy atom. The maximum absolute atomic E-state index is 4.77. The van der Waals surface area contributed by atoms with Gasteiger partial charge in [0, 0.05) is 63.4 Å². The first-order chi connectivity index (χ1) is 15.2. The molecule has 1 saturated heterocycles. The van der Waals surface area contributed by atoms with Crippen LogP contribution >= 0.6 is 24.0 Å². The van der Waals surface area contributed by atoms with Crippen molar-refractivity contribution in [1.82, 2.24) is 30.0 Å². The molecule has 3 aromatic rings. The fourth-order valence-corrected chi connectivity index (χ4v) is 3.97. The molecule has 9 heteroatoms. The number of guanidine groups is 1. The van der Waals surface area contributed by atoms with E-state index in [4.69, 9.17) is 5.10 Å². The quantitative estimate of drug-likeness (QED) is 0.302. The van der Waals surface area contributed by atoms with Crippen LogP contribution in [0.3, 0.4) is 0 Å². The number of anilines is 1. The van der Waals surface area contributed by atoms with Crippen molar-refractivity contribution in [3.63, 3.8) is 0 Å². The number of benzene rings is 1. The molecule has 0 unspecified atom stereocenters. The summed E-state index contributed by atoms with van der Waals surface area (Å²) in [6.07, 6.45) is 3.58. The van der Waals surface area contributed by atoms with E-state index in [-0.39, 0.29) is 24.0 Å². The number of rotatable bonds is 5. The lowest BCUT2D eigenvalue weighted by molar-refractivity contribution is 0.370. The van der Waals surface area contributed by atoms with Crippen LogP contribution in [0.15, 0.2) is 53.8 Å². The third-order valence-corrected chi connectivity index (χ3v) is 5.76. The van der Waals surface area contributed by atoms with Gasteiger partial charge in [-0.2, -0.15) is 5.10 Å². The van der Waals surface area contributed by atoms with Gasteiger partial charge in [0.05, 0.1) is 12.2 Å².